The lowest BCUT2D eigenvalue weighted by Crippen LogP contribution is -2.06. The molecule has 0 fully saturated rings. The van der Waals surface area contributed by atoms with E-state index in [2.05, 4.69) is 15.9 Å². The Morgan fingerprint density at radius 2 is 1.54 bits per heavy atom. The number of hydrogen-bond donors (Lipinski definition) is 0. The molecular weight excluding hydrogens is 364 g/mol. The molecule has 0 saturated carbocycles. The summed E-state index contributed by atoms with van der Waals surface area (Å²) in [6, 6.07) is 22.9. The molecule has 0 aliphatic heterocycles. The van der Waals surface area contributed by atoms with Gasteiger partial charge in [-0.15, -0.1) is 0 Å². The average molecular weight is 377 g/mol. The van der Waals surface area contributed by atoms with E-state index in [-0.39, 0.29) is 5.78 Å². The van der Waals surface area contributed by atoms with E-state index >= 15 is 0 Å². The zero-order valence-corrected chi connectivity index (χ0v) is 14.3. The Balaban J connectivity index is 2.01. The van der Waals surface area contributed by atoms with Crippen LogP contribution >= 0.6 is 15.9 Å². The first-order valence-corrected chi connectivity index (χ1v) is 8.36. The molecule has 0 amide bonds. The Bertz CT molecular complexity index is 1020. The number of rotatable bonds is 3. The Hall–Kier alpha value is -2.72. The van der Waals surface area contributed by atoms with Gasteiger partial charge in [-0.2, -0.15) is 0 Å². The highest BCUT2D eigenvalue weighted by molar-refractivity contribution is 9.10. The molecule has 0 radical (unpaired) electrons. The number of pyridine rings is 1. The van der Waals surface area contributed by atoms with Crippen LogP contribution in [0.4, 0.5) is 0 Å². The van der Waals surface area contributed by atoms with Gasteiger partial charge >= 0.3 is 0 Å². The van der Waals surface area contributed by atoms with Crippen LogP contribution in [0, 0.1) is 0 Å². The third-order valence-corrected chi connectivity index (χ3v) is 4.35. The maximum atomic E-state index is 13.2. The van der Waals surface area contributed by atoms with E-state index in [0.717, 1.165) is 15.7 Å². The maximum absolute atomic E-state index is 13.2. The molecule has 24 heavy (non-hydrogen) atoms. The number of nitrogens with zero attached hydrogens (tertiary/aromatic N) is 2. The van der Waals surface area contributed by atoms with Crippen molar-refractivity contribution >= 4 is 27.4 Å². The second kappa shape index (κ2) is 6.06. The third kappa shape index (κ3) is 2.55. The van der Waals surface area contributed by atoms with Gasteiger partial charge in [0, 0.05) is 21.8 Å². The summed E-state index contributed by atoms with van der Waals surface area (Å²) in [5.41, 5.74) is 3.59. The smallest absolute Gasteiger partial charge is 0.212 e. The van der Waals surface area contributed by atoms with Crippen LogP contribution in [-0.2, 0) is 0 Å². The number of benzene rings is 2. The van der Waals surface area contributed by atoms with Crippen molar-refractivity contribution in [1.82, 2.24) is 9.38 Å². The molecule has 0 bridgehead atoms. The van der Waals surface area contributed by atoms with Crippen molar-refractivity contribution in [2.75, 3.05) is 0 Å². The molecule has 3 nitrogen and oxygen atoms in total. The number of ketones is 1. The molecule has 2 heterocycles. The zero-order chi connectivity index (χ0) is 16.5. The van der Waals surface area contributed by atoms with Crippen LogP contribution in [0.15, 0.2) is 83.5 Å². The highest BCUT2D eigenvalue weighted by atomic mass is 79.9. The number of halogens is 1. The van der Waals surface area contributed by atoms with Crippen molar-refractivity contribution < 1.29 is 4.79 Å². The van der Waals surface area contributed by atoms with Gasteiger partial charge in [0.1, 0.15) is 17.0 Å². The molecule has 116 valence electrons. The number of carbonyl (C=O) groups is 1. The minimum absolute atomic E-state index is 0.0416. The van der Waals surface area contributed by atoms with Crippen LogP contribution < -0.4 is 0 Å². The van der Waals surface area contributed by atoms with Crippen LogP contribution in [0.1, 0.15) is 16.1 Å². The van der Waals surface area contributed by atoms with Crippen LogP contribution in [-0.4, -0.2) is 15.2 Å². The quantitative estimate of drug-likeness (QED) is 0.471. The fourth-order valence-electron chi connectivity index (χ4n) is 2.76. The van der Waals surface area contributed by atoms with Gasteiger partial charge in [0.05, 0.1) is 0 Å². The van der Waals surface area contributed by atoms with E-state index in [1.165, 1.54) is 0 Å². The van der Waals surface area contributed by atoms with Crippen LogP contribution in [0.2, 0.25) is 0 Å². The highest BCUT2D eigenvalue weighted by Gasteiger charge is 2.21. The topological polar surface area (TPSA) is 34.4 Å². The Morgan fingerprint density at radius 1 is 0.875 bits per heavy atom. The molecule has 0 aliphatic rings. The molecule has 4 heteroatoms. The maximum Gasteiger partial charge on any atom is 0.212 e. The molecule has 0 atom stereocenters. The number of fused-ring (bicyclic) bond motifs is 1. The minimum atomic E-state index is -0.0416. The number of hydrogen-bond acceptors (Lipinski definition) is 2. The normalized spacial score (nSPS) is 10.9. The lowest BCUT2D eigenvalue weighted by molar-refractivity contribution is 0.103. The summed E-state index contributed by atoms with van der Waals surface area (Å²) < 4.78 is 2.75. The summed E-state index contributed by atoms with van der Waals surface area (Å²) in [6.07, 6.45) is 1.88. The molecule has 2 aromatic heterocycles. The number of carbonyl (C=O) groups excluding carboxylic acids is 1. The predicted molar refractivity (Wildman–Crippen MR) is 98.2 cm³/mol. The first kappa shape index (κ1) is 14.8. The van der Waals surface area contributed by atoms with Crippen molar-refractivity contribution in [3.05, 3.63) is 94.7 Å². The van der Waals surface area contributed by atoms with Gasteiger partial charge in [-0.3, -0.25) is 9.20 Å². The lowest BCUT2D eigenvalue weighted by Gasteiger charge is -2.05. The largest absolute Gasteiger partial charge is 0.295 e. The molecule has 0 spiro atoms. The van der Waals surface area contributed by atoms with Gasteiger partial charge in [-0.1, -0.05) is 60.7 Å². The highest BCUT2D eigenvalue weighted by Crippen LogP contribution is 2.27. The molecule has 0 N–H and O–H groups in total. The fourth-order valence-corrected chi connectivity index (χ4v) is 3.10. The monoisotopic (exact) mass is 376 g/mol. The van der Waals surface area contributed by atoms with E-state index in [1.54, 1.807) is 0 Å². The van der Waals surface area contributed by atoms with E-state index in [4.69, 9.17) is 4.98 Å². The summed E-state index contributed by atoms with van der Waals surface area (Å²) in [4.78, 5) is 17.8. The first-order chi connectivity index (χ1) is 11.7. The van der Waals surface area contributed by atoms with E-state index < -0.39 is 0 Å². The number of imidazole rings is 1. The van der Waals surface area contributed by atoms with Crippen LogP contribution in [0.5, 0.6) is 0 Å². The van der Waals surface area contributed by atoms with Gasteiger partial charge in [-0.05, 0) is 28.1 Å². The Morgan fingerprint density at radius 3 is 2.25 bits per heavy atom. The number of aromatic nitrogens is 2. The Labute approximate surface area is 147 Å². The summed E-state index contributed by atoms with van der Waals surface area (Å²) in [5, 5.41) is 0. The molecule has 0 unspecified atom stereocenters. The second-order valence-electron chi connectivity index (χ2n) is 5.45. The molecule has 0 aliphatic carbocycles. The van der Waals surface area contributed by atoms with E-state index in [1.807, 2.05) is 83.4 Å². The molecule has 4 aromatic rings. The summed E-state index contributed by atoms with van der Waals surface area (Å²) in [6.45, 7) is 0. The van der Waals surface area contributed by atoms with Gasteiger partial charge in [0.2, 0.25) is 5.78 Å². The minimum Gasteiger partial charge on any atom is -0.295 e. The van der Waals surface area contributed by atoms with Gasteiger partial charge < -0.3 is 0 Å². The van der Waals surface area contributed by atoms with Gasteiger partial charge in [0.25, 0.3) is 0 Å². The lowest BCUT2D eigenvalue weighted by atomic mass is 10.0. The summed E-state index contributed by atoms with van der Waals surface area (Å²) in [7, 11) is 0. The van der Waals surface area contributed by atoms with Crippen LogP contribution in [0.25, 0.3) is 16.9 Å². The van der Waals surface area contributed by atoms with Crippen molar-refractivity contribution in [3.63, 3.8) is 0 Å². The van der Waals surface area contributed by atoms with Crippen molar-refractivity contribution in [2.45, 2.75) is 0 Å². The van der Waals surface area contributed by atoms with Crippen molar-refractivity contribution in [3.8, 4) is 11.3 Å². The zero-order valence-electron chi connectivity index (χ0n) is 12.7. The van der Waals surface area contributed by atoms with E-state index in [9.17, 15) is 4.79 Å². The van der Waals surface area contributed by atoms with Crippen molar-refractivity contribution in [1.29, 1.82) is 0 Å². The molecule has 2 aromatic carbocycles. The summed E-state index contributed by atoms with van der Waals surface area (Å²) in [5.74, 6) is -0.0416. The summed E-state index contributed by atoms with van der Waals surface area (Å²) >= 11 is 3.48. The standard InChI is InChI=1S/C20H13BrN2O/c21-16-11-12-17-22-18(14-7-3-1-4-8-14)19(23(17)13-16)20(24)15-9-5-2-6-10-15/h1-13H. The van der Waals surface area contributed by atoms with Gasteiger partial charge in [0.15, 0.2) is 0 Å². The second-order valence-corrected chi connectivity index (χ2v) is 6.36. The first-order valence-electron chi connectivity index (χ1n) is 7.57. The Kier molecular flexibility index (Phi) is 3.75. The van der Waals surface area contributed by atoms with Gasteiger partial charge in [-0.25, -0.2) is 4.98 Å². The van der Waals surface area contributed by atoms with Crippen molar-refractivity contribution in [2.24, 2.45) is 0 Å². The van der Waals surface area contributed by atoms with E-state index in [0.29, 0.717) is 17.0 Å². The fraction of sp³-hybridized carbons (Fsp3) is 0. The molecule has 4 rings (SSSR count). The molecular formula is C20H13BrN2O. The predicted octanol–water partition coefficient (Wildman–Crippen LogP) is 4.99. The SMILES string of the molecule is O=C(c1ccccc1)c1c(-c2ccccc2)nc2ccc(Br)cn12. The molecule has 0 saturated heterocycles. The average Bonchev–Trinajstić information content (AvgIpc) is 3.01. The third-order valence-electron chi connectivity index (χ3n) is 3.88. The van der Waals surface area contributed by atoms with Crippen LogP contribution in [0.3, 0.4) is 0 Å².